The van der Waals surface area contributed by atoms with Gasteiger partial charge in [0.2, 0.25) is 0 Å². The van der Waals surface area contributed by atoms with Gasteiger partial charge in [-0.2, -0.15) is 0 Å². The Kier molecular flexibility index (Phi) is 4.16. The Balaban J connectivity index is 1.99. The van der Waals surface area contributed by atoms with Crippen LogP contribution in [0, 0.1) is 6.92 Å². The number of aryl methyl sites for hydroxylation is 1. The van der Waals surface area contributed by atoms with Crippen LogP contribution in [0.25, 0.3) is 0 Å². The number of sulfonamides is 1. The van der Waals surface area contributed by atoms with E-state index in [1.165, 1.54) is 0 Å². The second-order valence-corrected chi connectivity index (χ2v) is 6.23. The highest BCUT2D eigenvalue weighted by Gasteiger charge is 2.16. The number of hydrazine groups is 1. The predicted octanol–water partition coefficient (Wildman–Crippen LogP) is 1.89. The van der Waals surface area contributed by atoms with Crippen molar-refractivity contribution < 1.29 is 8.42 Å². The Morgan fingerprint density at radius 1 is 1.17 bits per heavy atom. The van der Waals surface area contributed by atoms with E-state index in [2.05, 4.69) is 22.4 Å². The van der Waals surface area contributed by atoms with Gasteiger partial charge in [-0.15, -0.1) is 4.83 Å². The lowest BCUT2D eigenvalue weighted by Gasteiger charge is -2.19. The van der Waals surface area contributed by atoms with Crippen molar-refractivity contribution in [1.29, 1.82) is 0 Å². The van der Waals surface area contributed by atoms with Crippen LogP contribution in [0.4, 0.5) is 0 Å². The molecule has 0 aromatic heterocycles. The number of allylic oxidation sites excluding steroid dienone is 1. The summed E-state index contributed by atoms with van der Waals surface area (Å²) in [6, 6.07) is 6.98. The molecule has 0 amide bonds. The zero-order valence-electron chi connectivity index (χ0n) is 10.4. The third-order valence-electron chi connectivity index (χ3n) is 3.00. The summed E-state index contributed by atoms with van der Waals surface area (Å²) in [5, 5.41) is 0. The fraction of sp³-hybridized carbons (Fsp3) is 0.385. The molecule has 4 nitrogen and oxygen atoms in total. The van der Waals surface area contributed by atoms with E-state index in [1.807, 2.05) is 6.92 Å². The Morgan fingerprint density at radius 3 is 2.50 bits per heavy atom. The fourth-order valence-electron chi connectivity index (χ4n) is 1.86. The van der Waals surface area contributed by atoms with Crippen LogP contribution in [0.5, 0.6) is 0 Å². The molecule has 1 unspecified atom stereocenters. The molecule has 0 aliphatic heterocycles. The molecule has 1 aromatic carbocycles. The third-order valence-corrected chi connectivity index (χ3v) is 4.28. The van der Waals surface area contributed by atoms with Crippen molar-refractivity contribution >= 4 is 10.0 Å². The van der Waals surface area contributed by atoms with Gasteiger partial charge in [0, 0.05) is 6.04 Å². The van der Waals surface area contributed by atoms with E-state index in [1.54, 1.807) is 24.3 Å². The molecule has 1 aromatic rings. The van der Waals surface area contributed by atoms with Gasteiger partial charge in [0.15, 0.2) is 0 Å². The number of hydrogen-bond acceptors (Lipinski definition) is 3. The molecule has 0 saturated heterocycles. The Hall–Kier alpha value is -1.17. The Labute approximate surface area is 108 Å². The molecule has 18 heavy (non-hydrogen) atoms. The average Bonchev–Trinajstić information content (AvgIpc) is 2.38. The maximum Gasteiger partial charge on any atom is 0.253 e. The van der Waals surface area contributed by atoms with Gasteiger partial charge in [0.05, 0.1) is 4.90 Å². The van der Waals surface area contributed by atoms with Gasteiger partial charge in [-0.3, -0.25) is 0 Å². The van der Waals surface area contributed by atoms with Crippen molar-refractivity contribution in [2.45, 2.75) is 37.1 Å². The van der Waals surface area contributed by atoms with E-state index in [0.717, 1.165) is 24.8 Å². The first kappa shape index (κ1) is 13.3. The maximum absolute atomic E-state index is 12.0. The van der Waals surface area contributed by atoms with Gasteiger partial charge in [0.25, 0.3) is 10.0 Å². The summed E-state index contributed by atoms with van der Waals surface area (Å²) in [5.74, 6) is 0. The van der Waals surface area contributed by atoms with Crippen LogP contribution < -0.4 is 10.3 Å². The maximum atomic E-state index is 12.0. The molecule has 2 N–H and O–H groups in total. The Bertz CT molecular complexity index is 520. The van der Waals surface area contributed by atoms with Crippen LogP contribution in [0.2, 0.25) is 0 Å². The highest BCUT2D eigenvalue weighted by Crippen LogP contribution is 2.12. The van der Waals surface area contributed by atoms with Crippen molar-refractivity contribution in [2.24, 2.45) is 0 Å². The van der Waals surface area contributed by atoms with Crippen molar-refractivity contribution in [3.05, 3.63) is 42.0 Å². The van der Waals surface area contributed by atoms with Crippen LogP contribution in [-0.2, 0) is 10.0 Å². The number of hydrogen-bond donors (Lipinski definition) is 2. The van der Waals surface area contributed by atoms with Crippen LogP contribution in [0.1, 0.15) is 24.8 Å². The molecule has 1 aliphatic rings. The van der Waals surface area contributed by atoms with Crippen molar-refractivity contribution in [2.75, 3.05) is 0 Å². The molecule has 1 atom stereocenters. The molecule has 98 valence electrons. The van der Waals surface area contributed by atoms with E-state index in [9.17, 15) is 8.42 Å². The molecule has 2 rings (SSSR count). The standard InChI is InChI=1S/C13H18N2O2S/c1-11-7-9-13(10-8-11)18(16,17)15-14-12-5-3-2-4-6-12/h2-3,7-10,12,14-15H,4-6H2,1H3. The van der Waals surface area contributed by atoms with Gasteiger partial charge in [-0.05, 0) is 38.3 Å². The quantitative estimate of drug-likeness (QED) is 0.646. The van der Waals surface area contributed by atoms with Gasteiger partial charge in [0.1, 0.15) is 0 Å². The van der Waals surface area contributed by atoms with Crippen LogP contribution >= 0.6 is 0 Å². The second-order valence-electron chi connectivity index (χ2n) is 4.54. The zero-order chi connectivity index (χ0) is 13.0. The largest absolute Gasteiger partial charge is 0.253 e. The first-order valence-corrected chi connectivity index (χ1v) is 7.55. The number of benzene rings is 1. The van der Waals surface area contributed by atoms with E-state index < -0.39 is 10.0 Å². The highest BCUT2D eigenvalue weighted by atomic mass is 32.2. The minimum atomic E-state index is -3.46. The summed E-state index contributed by atoms with van der Waals surface area (Å²) in [4.78, 5) is 2.74. The first-order chi connectivity index (χ1) is 8.58. The molecule has 0 heterocycles. The highest BCUT2D eigenvalue weighted by molar-refractivity contribution is 7.89. The van der Waals surface area contributed by atoms with E-state index in [-0.39, 0.29) is 10.9 Å². The van der Waals surface area contributed by atoms with Crippen LogP contribution in [0.15, 0.2) is 41.3 Å². The normalized spacial score (nSPS) is 19.9. The minimum absolute atomic E-state index is 0.176. The molecule has 0 saturated carbocycles. The van der Waals surface area contributed by atoms with E-state index in [0.29, 0.717) is 0 Å². The summed E-state index contributed by atoms with van der Waals surface area (Å²) in [6.07, 6.45) is 6.99. The lowest BCUT2D eigenvalue weighted by molar-refractivity contribution is 0.449. The van der Waals surface area contributed by atoms with Gasteiger partial charge < -0.3 is 0 Å². The topological polar surface area (TPSA) is 58.2 Å². The summed E-state index contributed by atoms with van der Waals surface area (Å²) in [7, 11) is -3.46. The fourth-order valence-corrected chi connectivity index (χ4v) is 2.80. The first-order valence-electron chi connectivity index (χ1n) is 6.07. The Morgan fingerprint density at radius 2 is 1.89 bits per heavy atom. The molecule has 0 radical (unpaired) electrons. The SMILES string of the molecule is Cc1ccc(S(=O)(=O)NNC2CC=CCC2)cc1. The molecule has 5 heteroatoms. The molecule has 0 spiro atoms. The van der Waals surface area contributed by atoms with Gasteiger partial charge >= 0.3 is 0 Å². The molecular weight excluding hydrogens is 248 g/mol. The molecule has 0 bridgehead atoms. The zero-order valence-corrected chi connectivity index (χ0v) is 11.2. The van der Waals surface area contributed by atoms with Crippen LogP contribution in [-0.4, -0.2) is 14.5 Å². The van der Waals surface area contributed by atoms with E-state index >= 15 is 0 Å². The van der Waals surface area contributed by atoms with E-state index in [4.69, 9.17) is 0 Å². The molecule has 1 aliphatic carbocycles. The lowest BCUT2D eigenvalue weighted by Crippen LogP contribution is -2.44. The monoisotopic (exact) mass is 266 g/mol. The summed E-state index contributed by atoms with van der Waals surface area (Å²) < 4.78 is 24.0. The summed E-state index contributed by atoms with van der Waals surface area (Å²) in [6.45, 7) is 1.93. The third kappa shape index (κ3) is 3.41. The van der Waals surface area contributed by atoms with Crippen molar-refractivity contribution in [3.63, 3.8) is 0 Å². The second kappa shape index (κ2) is 5.65. The smallest absolute Gasteiger partial charge is 0.240 e. The average molecular weight is 266 g/mol. The predicted molar refractivity (Wildman–Crippen MR) is 71.4 cm³/mol. The summed E-state index contributed by atoms with van der Waals surface area (Å²) >= 11 is 0. The van der Waals surface area contributed by atoms with Crippen LogP contribution in [0.3, 0.4) is 0 Å². The summed E-state index contributed by atoms with van der Waals surface area (Å²) in [5.41, 5.74) is 3.93. The van der Waals surface area contributed by atoms with Gasteiger partial charge in [-0.25, -0.2) is 13.8 Å². The number of nitrogens with one attached hydrogen (secondary N) is 2. The molecular formula is C13H18N2O2S. The van der Waals surface area contributed by atoms with Crippen molar-refractivity contribution in [1.82, 2.24) is 10.3 Å². The lowest BCUT2D eigenvalue weighted by atomic mass is 10.0. The minimum Gasteiger partial charge on any atom is -0.240 e. The molecule has 0 fully saturated rings. The van der Waals surface area contributed by atoms with Crippen molar-refractivity contribution in [3.8, 4) is 0 Å². The van der Waals surface area contributed by atoms with Gasteiger partial charge in [-0.1, -0.05) is 29.8 Å². The number of rotatable bonds is 4.